The Labute approximate surface area is 340 Å². The van der Waals surface area contributed by atoms with Gasteiger partial charge in [-0.05, 0) is 103 Å². The van der Waals surface area contributed by atoms with Gasteiger partial charge in [-0.2, -0.15) is 0 Å². The molecular weight excluding hydrogens is 721 g/mol. The third kappa shape index (κ3) is 5.72. The van der Waals surface area contributed by atoms with Gasteiger partial charge in [-0.15, -0.1) is 0 Å². The zero-order valence-corrected chi connectivity index (χ0v) is 31.9. The molecule has 278 valence electrons. The van der Waals surface area contributed by atoms with E-state index in [1.165, 1.54) is 32.3 Å². The van der Waals surface area contributed by atoms with Crippen molar-refractivity contribution < 1.29 is 0 Å². The van der Waals surface area contributed by atoms with Crippen LogP contribution in [-0.2, 0) is 0 Å². The predicted octanol–water partition coefficient (Wildman–Crippen LogP) is 12.2. The maximum absolute atomic E-state index is 5.28. The summed E-state index contributed by atoms with van der Waals surface area (Å²) in [4.78, 5) is 15.1. The van der Waals surface area contributed by atoms with E-state index in [2.05, 4.69) is 190 Å². The van der Waals surface area contributed by atoms with E-state index in [4.69, 9.17) is 9.98 Å². The van der Waals surface area contributed by atoms with Crippen LogP contribution in [-0.4, -0.2) is 20.2 Å². The Balaban J connectivity index is 0.949. The molecule has 2 N–H and O–H groups in total. The molecule has 12 rings (SSSR count). The first-order valence-corrected chi connectivity index (χ1v) is 20.1. The molecule has 4 heterocycles. The van der Waals surface area contributed by atoms with Gasteiger partial charge in [0.1, 0.15) is 23.8 Å². The smallest absolute Gasteiger partial charge is 0.137 e. The Morgan fingerprint density at radius 2 is 1.14 bits per heavy atom. The maximum atomic E-state index is 5.28. The van der Waals surface area contributed by atoms with Gasteiger partial charge < -0.3 is 5.32 Å². The van der Waals surface area contributed by atoms with Gasteiger partial charge in [0.05, 0.1) is 16.7 Å². The van der Waals surface area contributed by atoms with Gasteiger partial charge in [0.15, 0.2) is 0 Å². The number of fused-ring (bicyclic) bond motifs is 10. The highest BCUT2D eigenvalue weighted by Gasteiger charge is 2.26. The van der Waals surface area contributed by atoms with Crippen LogP contribution in [0.5, 0.6) is 0 Å². The molecule has 2 atom stereocenters. The second kappa shape index (κ2) is 13.5. The average Bonchev–Trinajstić information content (AvgIpc) is 3.71. The molecule has 1 aliphatic rings. The number of hydrogen-bond donors (Lipinski definition) is 2. The van der Waals surface area contributed by atoms with Gasteiger partial charge in [0.2, 0.25) is 0 Å². The van der Waals surface area contributed by atoms with E-state index in [0.29, 0.717) is 0 Å². The normalized spacial score (nSPS) is 15.6. The summed E-state index contributed by atoms with van der Waals surface area (Å²) in [6, 6.07) is 64.9. The van der Waals surface area contributed by atoms with Crippen molar-refractivity contribution in [2.45, 2.75) is 12.3 Å². The summed E-state index contributed by atoms with van der Waals surface area (Å²) in [6.45, 7) is 0. The lowest BCUT2D eigenvalue weighted by Crippen LogP contribution is -2.44. The van der Waals surface area contributed by atoms with Crippen LogP contribution in [0.25, 0.3) is 82.2 Å². The molecule has 0 bridgehead atoms. The maximum Gasteiger partial charge on any atom is 0.137 e. The lowest BCUT2D eigenvalue weighted by molar-refractivity contribution is 0.409. The monoisotopic (exact) mass is 756 g/mol. The van der Waals surface area contributed by atoms with Crippen molar-refractivity contribution in [1.29, 1.82) is 0 Å². The fourth-order valence-corrected chi connectivity index (χ4v) is 8.89. The summed E-state index contributed by atoms with van der Waals surface area (Å²) in [5, 5.41) is 17.0. The van der Waals surface area contributed by atoms with Crippen LogP contribution < -0.4 is 10.6 Å². The molecule has 0 radical (unpaired) electrons. The highest BCUT2D eigenvalue weighted by molar-refractivity contribution is 6.25. The average molecular weight is 757 g/mol. The van der Waals surface area contributed by atoms with E-state index >= 15 is 0 Å². The van der Waals surface area contributed by atoms with Gasteiger partial charge in [-0.1, -0.05) is 133 Å². The highest BCUT2D eigenvalue weighted by atomic mass is 15.3. The number of aliphatic imine (C=N–C) groups is 1. The summed E-state index contributed by atoms with van der Waals surface area (Å²) in [5.41, 5.74) is 10.7. The van der Waals surface area contributed by atoms with Gasteiger partial charge >= 0.3 is 0 Å². The van der Waals surface area contributed by atoms with Gasteiger partial charge in [0.25, 0.3) is 0 Å². The molecule has 8 aromatic carbocycles. The third-order valence-corrected chi connectivity index (χ3v) is 11.9. The fraction of sp³-hybridized carbons (Fsp3) is 0.0377. The number of rotatable bonds is 5. The minimum absolute atomic E-state index is 0.173. The van der Waals surface area contributed by atoms with Crippen LogP contribution >= 0.6 is 0 Å². The van der Waals surface area contributed by atoms with E-state index in [-0.39, 0.29) is 12.3 Å². The first-order valence-electron chi connectivity index (χ1n) is 20.1. The van der Waals surface area contributed by atoms with Crippen LogP contribution in [0.2, 0.25) is 0 Å². The van der Waals surface area contributed by atoms with E-state index in [1.807, 2.05) is 24.4 Å². The zero-order chi connectivity index (χ0) is 38.9. The second-order valence-electron chi connectivity index (χ2n) is 15.4. The summed E-state index contributed by atoms with van der Waals surface area (Å²) >= 11 is 0. The van der Waals surface area contributed by atoms with Crippen LogP contribution in [0.15, 0.2) is 199 Å². The Morgan fingerprint density at radius 3 is 1.97 bits per heavy atom. The molecule has 0 saturated heterocycles. The molecule has 0 saturated carbocycles. The summed E-state index contributed by atoms with van der Waals surface area (Å²) < 4.78 is 2.21. The van der Waals surface area contributed by atoms with Crippen LogP contribution in [0, 0.1) is 0 Å². The van der Waals surface area contributed by atoms with Crippen molar-refractivity contribution in [3.05, 3.63) is 211 Å². The number of amidine groups is 1. The standard InChI is InChI=1S/C53H36N6/c1-3-11-37-29-41(21-17-33(37)9-1)52-56-51(57-53(58-52)42-22-18-34-10-2-4-12-38(34)30-42)36-19-15-35(16-20-36)39-23-26-44-46(31-39)45-32-40(47-13-5-7-27-54-47)24-25-43(45)49-50(44)59-28-8-6-14-48(59)55-49/h1-32,51-52,56H,(H,57,58). The zero-order valence-electron chi connectivity index (χ0n) is 31.9. The number of nitrogens with zero attached hydrogens (tertiary/aromatic N) is 4. The van der Waals surface area contributed by atoms with E-state index in [9.17, 15) is 0 Å². The molecule has 11 aromatic rings. The van der Waals surface area contributed by atoms with E-state index < -0.39 is 0 Å². The molecule has 6 nitrogen and oxygen atoms in total. The Hall–Kier alpha value is -7.67. The van der Waals surface area contributed by atoms with Crippen molar-refractivity contribution in [2.24, 2.45) is 4.99 Å². The van der Waals surface area contributed by atoms with E-state index in [0.717, 1.165) is 72.4 Å². The second-order valence-corrected chi connectivity index (χ2v) is 15.4. The fourth-order valence-electron chi connectivity index (χ4n) is 8.89. The molecule has 3 aromatic heterocycles. The van der Waals surface area contributed by atoms with Crippen molar-refractivity contribution in [2.75, 3.05) is 0 Å². The van der Waals surface area contributed by atoms with Crippen molar-refractivity contribution in [3.8, 4) is 22.4 Å². The first-order chi connectivity index (χ1) is 29.2. The van der Waals surface area contributed by atoms with Crippen LogP contribution in [0.4, 0.5) is 0 Å². The Kier molecular flexibility index (Phi) is 7.64. The molecule has 0 fully saturated rings. The summed E-state index contributed by atoms with van der Waals surface area (Å²) in [6.07, 6.45) is 3.55. The number of imidazole rings is 1. The minimum Gasteiger partial charge on any atom is -0.350 e. The largest absolute Gasteiger partial charge is 0.350 e. The van der Waals surface area contributed by atoms with Crippen molar-refractivity contribution in [3.63, 3.8) is 0 Å². The van der Waals surface area contributed by atoms with Crippen LogP contribution in [0.1, 0.15) is 29.0 Å². The lowest BCUT2D eigenvalue weighted by Gasteiger charge is -2.32. The Bertz CT molecular complexity index is 3460. The van der Waals surface area contributed by atoms with Gasteiger partial charge in [-0.3, -0.25) is 14.7 Å². The van der Waals surface area contributed by atoms with Gasteiger partial charge in [-0.25, -0.2) is 9.98 Å². The highest BCUT2D eigenvalue weighted by Crippen LogP contribution is 2.39. The molecule has 2 unspecified atom stereocenters. The van der Waals surface area contributed by atoms with Crippen molar-refractivity contribution >= 4 is 65.6 Å². The van der Waals surface area contributed by atoms with Crippen LogP contribution in [0.3, 0.4) is 0 Å². The molecule has 6 heteroatoms. The topological polar surface area (TPSA) is 66.6 Å². The summed E-state index contributed by atoms with van der Waals surface area (Å²) in [7, 11) is 0. The molecule has 0 spiro atoms. The van der Waals surface area contributed by atoms with E-state index in [1.54, 1.807) is 0 Å². The van der Waals surface area contributed by atoms with Gasteiger partial charge in [0, 0.05) is 34.3 Å². The Morgan fingerprint density at radius 1 is 0.475 bits per heavy atom. The molecule has 0 amide bonds. The molecule has 59 heavy (non-hydrogen) atoms. The minimum atomic E-state index is -0.242. The number of aromatic nitrogens is 3. The predicted molar refractivity (Wildman–Crippen MR) is 243 cm³/mol. The first kappa shape index (κ1) is 33.5. The number of nitrogens with one attached hydrogen (secondary N) is 2. The van der Waals surface area contributed by atoms with Crippen molar-refractivity contribution in [1.82, 2.24) is 25.0 Å². The lowest BCUT2D eigenvalue weighted by atomic mass is 9.94. The summed E-state index contributed by atoms with van der Waals surface area (Å²) in [5.74, 6) is 0.868. The third-order valence-electron chi connectivity index (χ3n) is 11.9. The number of pyridine rings is 2. The molecule has 0 aliphatic carbocycles. The molecule has 1 aliphatic heterocycles. The SMILES string of the molecule is c1ccc(-c2ccc3c(c2)c2cc(-c4ccc(C5NC(c6ccc7ccccc7c6)=NC(c6ccc7ccccc7c6)N5)cc4)ccc2c2c3nc3ccccn32)nc1. The quantitative estimate of drug-likeness (QED) is 0.172. The number of hydrogen-bond acceptors (Lipinski definition) is 5. The molecular formula is C53H36N6. The number of benzene rings is 8.